The van der Waals surface area contributed by atoms with Crippen LogP contribution < -0.4 is 21.7 Å². The van der Waals surface area contributed by atoms with Gasteiger partial charge in [-0.25, -0.2) is 5.06 Å². The highest BCUT2D eigenvalue weighted by Crippen LogP contribution is 2.26. The van der Waals surface area contributed by atoms with Crippen LogP contribution in [0.3, 0.4) is 0 Å². The fraction of sp³-hybridized carbons (Fsp3) is 0.389. The van der Waals surface area contributed by atoms with Crippen LogP contribution in [0, 0.1) is 5.92 Å². The van der Waals surface area contributed by atoms with E-state index in [1.807, 2.05) is 13.0 Å². The summed E-state index contributed by atoms with van der Waals surface area (Å²) in [7, 11) is 0. The van der Waals surface area contributed by atoms with E-state index in [1.54, 1.807) is 18.2 Å². The Morgan fingerprint density at radius 2 is 2.07 bits per heavy atom. The zero-order chi connectivity index (χ0) is 19.6. The van der Waals surface area contributed by atoms with E-state index in [2.05, 4.69) is 21.7 Å². The number of hydrogen-bond acceptors (Lipinski definition) is 5. The molecular weight excluding hydrogens is 350 g/mol. The molecule has 9 nitrogen and oxygen atoms in total. The van der Waals surface area contributed by atoms with E-state index in [0.29, 0.717) is 28.3 Å². The topological polar surface area (TPSA) is 125 Å². The van der Waals surface area contributed by atoms with Gasteiger partial charge in [-0.05, 0) is 12.5 Å². The van der Waals surface area contributed by atoms with Crippen LogP contribution in [0.15, 0.2) is 30.5 Å². The molecule has 0 fully saturated rings. The molecule has 1 atom stereocenters. The first kappa shape index (κ1) is 20.2. The molecule has 0 spiro atoms. The molecular formula is C18H24N5O4. The number of hydroxylamine groups is 2. The standard InChI is InChI=1S/C18H24N5O4/c1-2-3-4-7-13(11-23(27)12-24)17(25)21-22-18(26)15-10-19-20-16-9-6-5-8-14(15)16/h5-6,8-10,12-13,20,27H,2-4,7,11H2,1H3,(H,21,25)(H,22,26)/t13-/m1/s1. The van der Waals surface area contributed by atoms with Gasteiger partial charge in [-0.3, -0.25) is 35.9 Å². The fourth-order valence-electron chi connectivity index (χ4n) is 2.73. The number of nitrogens with one attached hydrogen (secondary N) is 3. The second kappa shape index (κ2) is 10.2. The molecule has 0 saturated carbocycles. The van der Waals surface area contributed by atoms with Crippen molar-refractivity contribution in [3.63, 3.8) is 0 Å². The highest BCUT2D eigenvalue weighted by Gasteiger charge is 2.23. The van der Waals surface area contributed by atoms with Crippen LogP contribution in [0.5, 0.6) is 0 Å². The van der Waals surface area contributed by atoms with Gasteiger partial charge >= 0.3 is 0 Å². The molecule has 4 N–H and O–H groups in total. The van der Waals surface area contributed by atoms with Gasteiger partial charge in [0.05, 0.1) is 29.9 Å². The third kappa shape index (κ3) is 5.71. The van der Waals surface area contributed by atoms with Gasteiger partial charge < -0.3 is 0 Å². The van der Waals surface area contributed by atoms with Crippen molar-refractivity contribution >= 4 is 29.5 Å². The smallest absolute Gasteiger partial charge is 0.272 e. The summed E-state index contributed by atoms with van der Waals surface area (Å²) >= 11 is 0. The molecule has 1 heterocycles. The van der Waals surface area contributed by atoms with Gasteiger partial charge in [-0.1, -0.05) is 44.4 Å². The molecule has 1 radical (unpaired) electrons. The number of nitrogens with zero attached hydrogens (tertiary/aromatic N) is 2. The van der Waals surface area contributed by atoms with E-state index < -0.39 is 17.7 Å². The Bertz CT molecular complexity index is 707. The molecule has 1 aromatic carbocycles. The maximum Gasteiger partial charge on any atom is 0.272 e. The summed E-state index contributed by atoms with van der Waals surface area (Å²) < 4.78 is 0. The van der Waals surface area contributed by atoms with Crippen molar-refractivity contribution in [2.24, 2.45) is 5.92 Å². The summed E-state index contributed by atoms with van der Waals surface area (Å²) in [6, 6.07) is 7.17. The van der Waals surface area contributed by atoms with E-state index in [4.69, 9.17) is 0 Å². The summed E-state index contributed by atoms with van der Waals surface area (Å²) in [4.78, 5) is 35.4. The summed E-state index contributed by atoms with van der Waals surface area (Å²) in [5, 5.41) is 9.83. The Labute approximate surface area is 157 Å². The molecule has 0 aliphatic carbocycles. The number of para-hydroxylation sites is 1. The number of amides is 3. The first-order valence-electron chi connectivity index (χ1n) is 8.83. The Kier molecular flexibility index (Phi) is 7.63. The minimum atomic E-state index is -0.633. The first-order valence-corrected chi connectivity index (χ1v) is 8.83. The van der Waals surface area contributed by atoms with Crippen molar-refractivity contribution in [1.29, 1.82) is 0 Å². The lowest BCUT2D eigenvalue weighted by atomic mass is 10.0. The molecule has 27 heavy (non-hydrogen) atoms. The summed E-state index contributed by atoms with van der Waals surface area (Å²) in [6.45, 7) is 1.90. The number of anilines is 1. The van der Waals surface area contributed by atoms with Crippen LogP contribution in [0.25, 0.3) is 5.57 Å². The number of carbonyl (C=O) groups is 3. The highest BCUT2D eigenvalue weighted by molar-refractivity contribution is 6.21. The van der Waals surface area contributed by atoms with Gasteiger partial charge in [-0.2, -0.15) is 5.43 Å². The summed E-state index contributed by atoms with van der Waals surface area (Å²) in [6.07, 6.45) is 4.80. The Morgan fingerprint density at radius 3 is 2.81 bits per heavy atom. The molecule has 145 valence electrons. The quantitative estimate of drug-likeness (QED) is 0.223. The van der Waals surface area contributed by atoms with Gasteiger partial charge in [-0.15, -0.1) is 0 Å². The lowest BCUT2D eigenvalue weighted by molar-refractivity contribution is -0.155. The molecule has 1 aliphatic rings. The SMILES string of the molecule is CCCCC[C@H](CN(O)C=O)C(=O)NNC(=O)C1=C[N]Nc2ccccc21. The van der Waals surface area contributed by atoms with Crippen molar-refractivity contribution in [3.8, 4) is 0 Å². The van der Waals surface area contributed by atoms with Crippen molar-refractivity contribution < 1.29 is 19.6 Å². The van der Waals surface area contributed by atoms with Crippen molar-refractivity contribution in [2.75, 3.05) is 12.0 Å². The summed E-state index contributed by atoms with van der Waals surface area (Å²) in [5.41, 5.74) is 13.1. The normalized spacial score (nSPS) is 13.2. The highest BCUT2D eigenvalue weighted by atomic mass is 16.5. The number of hydrazine groups is 1. The Hall–Kier alpha value is -3.07. The maximum absolute atomic E-state index is 12.4. The van der Waals surface area contributed by atoms with E-state index >= 15 is 0 Å². The van der Waals surface area contributed by atoms with Gasteiger partial charge in [0.15, 0.2) is 0 Å². The zero-order valence-electron chi connectivity index (χ0n) is 15.1. The second-order valence-electron chi connectivity index (χ2n) is 6.19. The molecule has 2 rings (SSSR count). The van der Waals surface area contributed by atoms with Crippen molar-refractivity contribution in [1.82, 2.24) is 21.3 Å². The average Bonchev–Trinajstić information content (AvgIpc) is 2.70. The van der Waals surface area contributed by atoms with E-state index in [1.165, 1.54) is 6.20 Å². The van der Waals surface area contributed by atoms with Gasteiger partial charge in [0.2, 0.25) is 12.3 Å². The number of rotatable bonds is 9. The largest absolute Gasteiger partial charge is 0.286 e. The lowest BCUT2D eigenvalue weighted by Gasteiger charge is -2.21. The predicted molar refractivity (Wildman–Crippen MR) is 98.6 cm³/mol. The van der Waals surface area contributed by atoms with Gasteiger partial charge in [0.25, 0.3) is 5.91 Å². The Morgan fingerprint density at radius 1 is 1.30 bits per heavy atom. The van der Waals surface area contributed by atoms with Gasteiger partial charge in [0.1, 0.15) is 0 Å². The third-order valence-corrected chi connectivity index (χ3v) is 4.20. The average molecular weight is 374 g/mol. The van der Waals surface area contributed by atoms with Crippen LogP contribution in [-0.2, 0) is 14.4 Å². The molecule has 0 aromatic heterocycles. The molecule has 0 saturated heterocycles. The molecule has 9 heteroatoms. The molecule has 0 unspecified atom stereocenters. The minimum Gasteiger partial charge on any atom is -0.286 e. The van der Waals surface area contributed by atoms with Crippen LogP contribution >= 0.6 is 0 Å². The van der Waals surface area contributed by atoms with Crippen LogP contribution in [0.2, 0.25) is 0 Å². The number of unbranched alkanes of at least 4 members (excludes halogenated alkanes) is 2. The number of benzene rings is 1. The van der Waals surface area contributed by atoms with Crippen LogP contribution in [0.1, 0.15) is 38.2 Å². The van der Waals surface area contributed by atoms with E-state index in [-0.39, 0.29) is 13.0 Å². The lowest BCUT2D eigenvalue weighted by Crippen LogP contribution is -2.47. The monoisotopic (exact) mass is 374 g/mol. The molecule has 0 bridgehead atoms. The summed E-state index contributed by atoms with van der Waals surface area (Å²) in [5.74, 6) is -1.62. The fourth-order valence-corrected chi connectivity index (χ4v) is 2.73. The predicted octanol–water partition coefficient (Wildman–Crippen LogP) is 1.16. The Balaban J connectivity index is 1.96. The van der Waals surface area contributed by atoms with E-state index in [0.717, 1.165) is 19.3 Å². The number of carbonyl (C=O) groups excluding carboxylic acids is 3. The number of hydrogen-bond donors (Lipinski definition) is 4. The maximum atomic E-state index is 12.4. The minimum absolute atomic E-state index is 0.139. The first-order chi connectivity index (χ1) is 13.1. The van der Waals surface area contributed by atoms with E-state index in [9.17, 15) is 19.6 Å². The van der Waals surface area contributed by atoms with Crippen LogP contribution in [0.4, 0.5) is 5.69 Å². The molecule has 1 aliphatic heterocycles. The zero-order valence-corrected chi connectivity index (χ0v) is 15.1. The van der Waals surface area contributed by atoms with Crippen molar-refractivity contribution in [2.45, 2.75) is 32.6 Å². The van der Waals surface area contributed by atoms with Gasteiger partial charge in [0, 0.05) is 5.56 Å². The van der Waals surface area contributed by atoms with Crippen molar-refractivity contribution in [3.05, 3.63) is 36.0 Å². The second-order valence-corrected chi connectivity index (χ2v) is 6.19. The molecule has 1 aromatic rings. The van der Waals surface area contributed by atoms with Crippen LogP contribution in [-0.4, -0.2) is 35.0 Å². The number of fused-ring (bicyclic) bond motifs is 1. The molecule has 3 amide bonds. The third-order valence-electron chi connectivity index (χ3n) is 4.20.